The molecule has 1 atom stereocenters. The third-order valence-electron chi connectivity index (χ3n) is 4.56. The van der Waals surface area contributed by atoms with Crippen LogP contribution in [0.2, 0.25) is 0 Å². The lowest BCUT2D eigenvalue weighted by atomic mass is 9.91. The SMILES string of the molecule is CN(CC(O)c1ccc(-c2ccccc2)cc1)C1CCC1. The molecular formula is C19H23NO. The predicted octanol–water partition coefficient (Wildman–Crippen LogP) is 3.87. The van der Waals surface area contributed by atoms with E-state index in [-0.39, 0.29) is 0 Å². The fraction of sp³-hybridized carbons (Fsp3) is 0.368. The van der Waals surface area contributed by atoms with E-state index in [4.69, 9.17) is 0 Å². The van der Waals surface area contributed by atoms with Crippen molar-refractivity contribution in [2.24, 2.45) is 0 Å². The number of aliphatic hydroxyl groups excluding tert-OH is 1. The second kappa shape index (κ2) is 6.42. The largest absolute Gasteiger partial charge is 0.387 e. The Morgan fingerprint density at radius 3 is 2.19 bits per heavy atom. The molecule has 2 aromatic rings. The second-order valence-electron chi connectivity index (χ2n) is 6.03. The highest BCUT2D eigenvalue weighted by atomic mass is 16.3. The van der Waals surface area contributed by atoms with Crippen LogP contribution in [0.15, 0.2) is 54.6 Å². The topological polar surface area (TPSA) is 23.5 Å². The zero-order valence-electron chi connectivity index (χ0n) is 12.6. The first-order valence-electron chi connectivity index (χ1n) is 7.78. The van der Waals surface area contributed by atoms with Crippen molar-refractivity contribution in [1.29, 1.82) is 0 Å². The molecule has 0 radical (unpaired) electrons. The minimum atomic E-state index is -0.402. The third kappa shape index (κ3) is 3.34. The van der Waals surface area contributed by atoms with Crippen molar-refractivity contribution < 1.29 is 5.11 Å². The Kier molecular flexibility index (Phi) is 4.37. The van der Waals surface area contributed by atoms with E-state index in [2.05, 4.69) is 36.2 Å². The van der Waals surface area contributed by atoms with Gasteiger partial charge in [0, 0.05) is 12.6 Å². The Balaban J connectivity index is 1.66. The van der Waals surface area contributed by atoms with Crippen molar-refractivity contribution in [2.75, 3.05) is 13.6 Å². The molecule has 1 unspecified atom stereocenters. The summed E-state index contributed by atoms with van der Waals surface area (Å²) in [6.07, 6.45) is 3.48. The maximum absolute atomic E-state index is 10.4. The molecule has 1 N–H and O–H groups in total. The number of likely N-dealkylation sites (N-methyl/N-ethyl adjacent to an activating group) is 1. The molecule has 21 heavy (non-hydrogen) atoms. The lowest BCUT2D eigenvalue weighted by Gasteiger charge is -2.35. The molecule has 1 aliphatic rings. The first-order valence-corrected chi connectivity index (χ1v) is 7.78. The first kappa shape index (κ1) is 14.3. The van der Waals surface area contributed by atoms with Crippen LogP contribution in [0.3, 0.4) is 0 Å². The van der Waals surface area contributed by atoms with Crippen LogP contribution in [0.25, 0.3) is 11.1 Å². The zero-order valence-corrected chi connectivity index (χ0v) is 12.6. The van der Waals surface area contributed by atoms with E-state index in [9.17, 15) is 5.11 Å². The maximum atomic E-state index is 10.4. The van der Waals surface area contributed by atoms with Crippen molar-refractivity contribution in [2.45, 2.75) is 31.4 Å². The van der Waals surface area contributed by atoms with E-state index in [1.807, 2.05) is 30.3 Å². The van der Waals surface area contributed by atoms with E-state index in [0.29, 0.717) is 6.04 Å². The summed E-state index contributed by atoms with van der Waals surface area (Å²) in [6.45, 7) is 0.718. The van der Waals surface area contributed by atoms with Gasteiger partial charge >= 0.3 is 0 Å². The molecule has 0 bridgehead atoms. The summed E-state index contributed by atoms with van der Waals surface area (Å²) >= 11 is 0. The van der Waals surface area contributed by atoms with Crippen LogP contribution in [-0.4, -0.2) is 29.6 Å². The highest BCUT2D eigenvalue weighted by Crippen LogP contribution is 2.26. The molecule has 0 heterocycles. The maximum Gasteiger partial charge on any atom is 0.0916 e. The normalized spacial score (nSPS) is 16.7. The van der Waals surface area contributed by atoms with E-state index in [1.165, 1.54) is 30.4 Å². The van der Waals surface area contributed by atoms with Gasteiger partial charge in [-0.1, -0.05) is 61.0 Å². The molecule has 1 aliphatic carbocycles. The van der Waals surface area contributed by atoms with Crippen LogP contribution in [0.1, 0.15) is 30.9 Å². The summed E-state index contributed by atoms with van der Waals surface area (Å²) in [5.41, 5.74) is 3.41. The van der Waals surface area contributed by atoms with Gasteiger partial charge in [0.15, 0.2) is 0 Å². The minimum Gasteiger partial charge on any atom is -0.387 e. The Morgan fingerprint density at radius 1 is 1.00 bits per heavy atom. The summed E-state index contributed by atoms with van der Waals surface area (Å²) in [7, 11) is 2.12. The molecular weight excluding hydrogens is 258 g/mol. The van der Waals surface area contributed by atoms with E-state index in [0.717, 1.165) is 12.1 Å². The Bertz CT molecular complexity index is 560. The van der Waals surface area contributed by atoms with Gasteiger partial charge in [-0.3, -0.25) is 0 Å². The molecule has 0 amide bonds. The van der Waals surface area contributed by atoms with E-state index < -0.39 is 6.10 Å². The number of nitrogens with zero attached hydrogens (tertiary/aromatic N) is 1. The Morgan fingerprint density at radius 2 is 1.62 bits per heavy atom. The highest BCUT2D eigenvalue weighted by molar-refractivity contribution is 5.63. The molecule has 3 rings (SSSR count). The van der Waals surface area contributed by atoms with Gasteiger partial charge in [-0.25, -0.2) is 0 Å². The zero-order chi connectivity index (χ0) is 14.7. The summed E-state index contributed by atoms with van der Waals surface area (Å²) in [6, 6.07) is 19.3. The van der Waals surface area contributed by atoms with Crippen LogP contribution in [-0.2, 0) is 0 Å². The molecule has 2 aromatic carbocycles. The average Bonchev–Trinajstić information content (AvgIpc) is 2.46. The fourth-order valence-corrected chi connectivity index (χ4v) is 2.88. The molecule has 0 saturated heterocycles. The number of hydrogen-bond donors (Lipinski definition) is 1. The van der Waals surface area contributed by atoms with E-state index >= 15 is 0 Å². The molecule has 1 saturated carbocycles. The van der Waals surface area contributed by atoms with Gasteiger partial charge in [0.25, 0.3) is 0 Å². The second-order valence-corrected chi connectivity index (χ2v) is 6.03. The van der Waals surface area contributed by atoms with Gasteiger partial charge in [-0.15, -0.1) is 0 Å². The van der Waals surface area contributed by atoms with Gasteiger partial charge in [-0.05, 0) is 36.6 Å². The molecule has 2 heteroatoms. The number of benzene rings is 2. The van der Waals surface area contributed by atoms with Crippen molar-refractivity contribution in [3.63, 3.8) is 0 Å². The van der Waals surface area contributed by atoms with Crippen molar-refractivity contribution in [1.82, 2.24) is 4.90 Å². The minimum absolute atomic E-state index is 0.402. The van der Waals surface area contributed by atoms with Gasteiger partial charge < -0.3 is 10.0 Å². The van der Waals surface area contributed by atoms with Gasteiger partial charge in [0.2, 0.25) is 0 Å². The third-order valence-corrected chi connectivity index (χ3v) is 4.56. The van der Waals surface area contributed by atoms with Gasteiger partial charge in [0.05, 0.1) is 6.10 Å². The average molecular weight is 281 g/mol. The van der Waals surface area contributed by atoms with Crippen LogP contribution >= 0.6 is 0 Å². The molecule has 110 valence electrons. The van der Waals surface area contributed by atoms with Crippen molar-refractivity contribution >= 4 is 0 Å². The molecule has 0 spiro atoms. The molecule has 0 aromatic heterocycles. The summed E-state index contributed by atoms with van der Waals surface area (Å²) in [4.78, 5) is 2.29. The number of aliphatic hydroxyl groups is 1. The summed E-state index contributed by atoms with van der Waals surface area (Å²) < 4.78 is 0. The molecule has 0 aliphatic heterocycles. The predicted molar refractivity (Wildman–Crippen MR) is 87.1 cm³/mol. The Labute approximate surface area is 127 Å². The van der Waals surface area contributed by atoms with Crippen molar-refractivity contribution in [3.8, 4) is 11.1 Å². The molecule has 1 fully saturated rings. The summed E-state index contributed by atoms with van der Waals surface area (Å²) in [5.74, 6) is 0. The van der Waals surface area contributed by atoms with Crippen molar-refractivity contribution in [3.05, 3.63) is 60.2 Å². The highest BCUT2D eigenvalue weighted by Gasteiger charge is 2.23. The van der Waals surface area contributed by atoms with Gasteiger partial charge in [0.1, 0.15) is 0 Å². The standard InChI is InChI=1S/C19H23NO/c1-20(18-8-5-9-18)14-19(21)17-12-10-16(11-13-17)15-6-3-2-4-7-15/h2-4,6-7,10-13,18-19,21H,5,8-9,14H2,1H3. The number of hydrogen-bond acceptors (Lipinski definition) is 2. The lowest BCUT2D eigenvalue weighted by Crippen LogP contribution is -2.39. The first-order chi connectivity index (χ1) is 10.2. The van der Waals surface area contributed by atoms with Crippen LogP contribution in [0, 0.1) is 0 Å². The number of rotatable bonds is 5. The lowest BCUT2D eigenvalue weighted by molar-refractivity contribution is 0.0777. The summed E-state index contributed by atoms with van der Waals surface area (Å²) in [5, 5.41) is 10.4. The molecule has 2 nitrogen and oxygen atoms in total. The smallest absolute Gasteiger partial charge is 0.0916 e. The Hall–Kier alpha value is -1.64. The van der Waals surface area contributed by atoms with Crippen LogP contribution in [0.4, 0.5) is 0 Å². The fourth-order valence-electron chi connectivity index (χ4n) is 2.88. The van der Waals surface area contributed by atoms with Crippen LogP contribution < -0.4 is 0 Å². The quantitative estimate of drug-likeness (QED) is 0.899. The van der Waals surface area contributed by atoms with Crippen LogP contribution in [0.5, 0.6) is 0 Å². The van der Waals surface area contributed by atoms with Gasteiger partial charge in [-0.2, -0.15) is 0 Å². The monoisotopic (exact) mass is 281 g/mol. The van der Waals surface area contributed by atoms with E-state index in [1.54, 1.807) is 0 Å².